The van der Waals surface area contributed by atoms with Gasteiger partial charge in [-0.25, -0.2) is 4.79 Å². The monoisotopic (exact) mass is 439 g/mol. The number of aromatic nitrogens is 2. The molecule has 0 aliphatic carbocycles. The first-order valence-electron chi connectivity index (χ1n) is 9.82. The second-order valence-electron chi connectivity index (χ2n) is 7.47. The van der Waals surface area contributed by atoms with Gasteiger partial charge in [-0.1, -0.05) is 23.7 Å². The minimum Gasteiger partial charge on any atom is -0.486 e. The number of nitrogens with one attached hydrogen (secondary N) is 1. The Kier molecular flexibility index (Phi) is 5.69. The van der Waals surface area contributed by atoms with Gasteiger partial charge < -0.3 is 14.8 Å². The van der Waals surface area contributed by atoms with E-state index in [9.17, 15) is 9.59 Å². The van der Waals surface area contributed by atoms with Crippen LogP contribution in [0.5, 0.6) is 5.75 Å². The average Bonchev–Trinajstić information content (AvgIpc) is 3.33. The maximum absolute atomic E-state index is 12.4. The number of esters is 1. The minimum absolute atomic E-state index is 0.200. The third-order valence-electron chi connectivity index (χ3n) is 5.19. The number of rotatable bonds is 5. The molecule has 0 saturated carbocycles. The lowest BCUT2D eigenvalue weighted by atomic mass is 9.99. The summed E-state index contributed by atoms with van der Waals surface area (Å²) in [5.41, 5.74) is 4.45. The molecule has 160 valence electrons. The summed E-state index contributed by atoms with van der Waals surface area (Å²) in [6.07, 6.45) is 0.395. The van der Waals surface area contributed by atoms with Crippen LogP contribution in [0, 0.1) is 6.92 Å². The molecule has 7 nitrogen and oxygen atoms in total. The molecule has 1 atom stereocenters. The molecule has 0 fully saturated rings. The molecule has 0 bridgehead atoms. The molecule has 4 rings (SSSR count). The highest BCUT2D eigenvalue weighted by Gasteiger charge is 2.27. The first-order valence-corrected chi connectivity index (χ1v) is 10.2. The standard InChI is InChI=1S/C23H22ClN3O4/c1-13-7-20(27(2)26-13)22(28)25-12-18-10-17-9-16(11-19(24)21(17)31-18)14-5-4-6-15(8-14)23(29)30-3/h4-9,11,18H,10,12H2,1-3H3,(H,25,28)/t18-/m1/s1. The normalized spacial score (nSPS) is 14.6. The Bertz CT molecular complexity index is 1170. The van der Waals surface area contributed by atoms with Crippen molar-refractivity contribution in [2.24, 2.45) is 7.05 Å². The Balaban J connectivity index is 1.48. The zero-order chi connectivity index (χ0) is 22.1. The van der Waals surface area contributed by atoms with Gasteiger partial charge in [0.25, 0.3) is 5.91 Å². The van der Waals surface area contributed by atoms with E-state index in [4.69, 9.17) is 21.1 Å². The minimum atomic E-state index is -0.392. The Morgan fingerprint density at radius 3 is 2.77 bits per heavy atom. The molecule has 8 heteroatoms. The molecule has 1 aliphatic heterocycles. The molecule has 1 amide bonds. The van der Waals surface area contributed by atoms with Crippen molar-refractivity contribution in [3.63, 3.8) is 0 Å². The van der Waals surface area contributed by atoms with Crippen molar-refractivity contribution in [3.05, 3.63) is 70.0 Å². The Labute approximate surface area is 184 Å². The van der Waals surface area contributed by atoms with Crippen molar-refractivity contribution in [1.82, 2.24) is 15.1 Å². The van der Waals surface area contributed by atoms with Crippen LogP contribution in [0.4, 0.5) is 0 Å². The number of benzene rings is 2. The van der Waals surface area contributed by atoms with Crippen LogP contribution in [0.15, 0.2) is 42.5 Å². The van der Waals surface area contributed by atoms with E-state index in [-0.39, 0.29) is 12.0 Å². The zero-order valence-corrected chi connectivity index (χ0v) is 18.2. The highest BCUT2D eigenvalue weighted by molar-refractivity contribution is 6.32. The molecule has 2 aromatic carbocycles. The van der Waals surface area contributed by atoms with E-state index < -0.39 is 5.97 Å². The van der Waals surface area contributed by atoms with Gasteiger partial charge in [0.15, 0.2) is 0 Å². The lowest BCUT2D eigenvalue weighted by molar-refractivity contribution is 0.0600. The van der Waals surface area contributed by atoms with Gasteiger partial charge in [-0.05, 0) is 48.4 Å². The smallest absolute Gasteiger partial charge is 0.337 e. The highest BCUT2D eigenvalue weighted by Crippen LogP contribution is 2.39. The fourth-order valence-corrected chi connectivity index (χ4v) is 4.02. The first kappa shape index (κ1) is 20.9. The summed E-state index contributed by atoms with van der Waals surface area (Å²) in [7, 11) is 3.09. The molecule has 0 radical (unpaired) electrons. The van der Waals surface area contributed by atoms with Gasteiger partial charge in [-0.15, -0.1) is 0 Å². The van der Waals surface area contributed by atoms with Crippen molar-refractivity contribution in [2.45, 2.75) is 19.4 Å². The highest BCUT2D eigenvalue weighted by atomic mass is 35.5. The molecule has 0 spiro atoms. The molecule has 0 unspecified atom stereocenters. The van der Waals surface area contributed by atoms with E-state index in [1.165, 1.54) is 7.11 Å². The molecule has 2 heterocycles. The van der Waals surface area contributed by atoms with Crippen LogP contribution in [-0.4, -0.2) is 41.4 Å². The van der Waals surface area contributed by atoms with Gasteiger partial charge in [-0.3, -0.25) is 9.48 Å². The summed E-state index contributed by atoms with van der Waals surface area (Å²) in [5, 5.41) is 7.59. The fraction of sp³-hybridized carbons (Fsp3) is 0.261. The molecular formula is C23H22ClN3O4. The van der Waals surface area contributed by atoms with Crippen LogP contribution in [0.3, 0.4) is 0 Å². The number of halogens is 1. The maximum atomic E-state index is 12.4. The molecule has 1 aromatic heterocycles. The van der Waals surface area contributed by atoms with Gasteiger partial charge in [-0.2, -0.15) is 5.10 Å². The van der Waals surface area contributed by atoms with Crippen LogP contribution in [0.1, 0.15) is 32.1 Å². The number of hydrogen-bond acceptors (Lipinski definition) is 5. The van der Waals surface area contributed by atoms with Crippen molar-refractivity contribution >= 4 is 23.5 Å². The van der Waals surface area contributed by atoms with Crippen LogP contribution < -0.4 is 10.1 Å². The van der Waals surface area contributed by atoms with Crippen LogP contribution in [0.2, 0.25) is 5.02 Å². The number of carbonyl (C=O) groups is 2. The molecule has 1 aliphatic rings. The Hall–Kier alpha value is -3.32. The molecule has 0 saturated heterocycles. The summed E-state index contributed by atoms with van der Waals surface area (Å²) >= 11 is 6.49. The largest absolute Gasteiger partial charge is 0.486 e. The summed E-state index contributed by atoms with van der Waals surface area (Å²) in [6.45, 7) is 2.19. The molecule has 3 aromatic rings. The molecule has 31 heavy (non-hydrogen) atoms. The Morgan fingerprint density at radius 1 is 1.26 bits per heavy atom. The van der Waals surface area contributed by atoms with E-state index in [1.807, 2.05) is 25.1 Å². The van der Waals surface area contributed by atoms with Gasteiger partial charge in [0, 0.05) is 19.0 Å². The number of ether oxygens (including phenoxy) is 2. The summed E-state index contributed by atoms with van der Waals surface area (Å²) < 4.78 is 12.3. The second kappa shape index (κ2) is 8.43. The maximum Gasteiger partial charge on any atom is 0.337 e. The topological polar surface area (TPSA) is 82.5 Å². The van der Waals surface area contributed by atoms with Crippen LogP contribution in [-0.2, 0) is 18.2 Å². The zero-order valence-electron chi connectivity index (χ0n) is 17.4. The quantitative estimate of drug-likeness (QED) is 0.614. The van der Waals surface area contributed by atoms with E-state index in [1.54, 1.807) is 36.0 Å². The van der Waals surface area contributed by atoms with E-state index in [0.717, 1.165) is 22.4 Å². The average molecular weight is 440 g/mol. The van der Waals surface area contributed by atoms with Crippen molar-refractivity contribution in [1.29, 1.82) is 0 Å². The lowest BCUT2D eigenvalue weighted by Gasteiger charge is -2.12. The summed E-state index contributed by atoms with van der Waals surface area (Å²) in [6, 6.07) is 12.8. The second-order valence-corrected chi connectivity index (χ2v) is 7.87. The number of hydrogen-bond donors (Lipinski definition) is 1. The predicted octanol–water partition coefficient (Wildman–Crippen LogP) is 3.57. The third kappa shape index (κ3) is 4.27. The van der Waals surface area contributed by atoms with Crippen LogP contribution in [0.25, 0.3) is 11.1 Å². The molecular weight excluding hydrogens is 418 g/mol. The fourth-order valence-electron chi connectivity index (χ4n) is 3.73. The number of methoxy groups -OCH3 is 1. The number of aryl methyl sites for hydroxylation is 2. The Morgan fingerprint density at radius 2 is 2.06 bits per heavy atom. The van der Waals surface area contributed by atoms with Crippen molar-refractivity contribution in [2.75, 3.05) is 13.7 Å². The van der Waals surface area contributed by atoms with Crippen molar-refractivity contribution in [3.8, 4) is 16.9 Å². The van der Waals surface area contributed by atoms with Crippen molar-refractivity contribution < 1.29 is 19.1 Å². The summed E-state index contributed by atoms with van der Waals surface area (Å²) in [4.78, 5) is 24.3. The lowest BCUT2D eigenvalue weighted by Crippen LogP contribution is -2.35. The number of carbonyl (C=O) groups excluding carboxylic acids is 2. The first-order chi connectivity index (χ1) is 14.9. The number of amides is 1. The number of nitrogens with zero attached hydrogens (tertiary/aromatic N) is 2. The van der Waals surface area contributed by atoms with Gasteiger partial charge in [0.05, 0.1) is 29.9 Å². The van der Waals surface area contributed by atoms with E-state index in [0.29, 0.717) is 35.0 Å². The summed E-state index contributed by atoms with van der Waals surface area (Å²) in [5.74, 6) is 0.0381. The van der Waals surface area contributed by atoms with Crippen LogP contribution >= 0.6 is 11.6 Å². The number of fused-ring (bicyclic) bond motifs is 1. The van der Waals surface area contributed by atoms with Gasteiger partial charge >= 0.3 is 5.97 Å². The molecule has 1 N–H and O–H groups in total. The van der Waals surface area contributed by atoms with E-state index >= 15 is 0 Å². The van der Waals surface area contributed by atoms with E-state index in [2.05, 4.69) is 10.4 Å². The van der Waals surface area contributed by atoms with Gasteiger partial charge in [0.2, 0.25) is 0 Å². The van der Waals surface area contributed by atoms with Gasteiger partial charge in [0.1, 0.15) is 17.5 Å². The predicted molar refractivity (Wildman–Crippen MR) is 117 cm³/mol. The SMILES string of the molecule is COC(=O)c1cccc(-c2cc(Cl)c3c(c2)C[C@H](CNC(=O)c2cc(C)nn2C)O3)c1. The third-order valence-corrected chi connectivity index (χ3v) is 5.48.